The summed E-state index contributed by atoms with van der Waals surface area (Å²) in [5.74, 6) is 1.23. The minimum atomic E-state index is 0.0341. The molecule has 1 amide bonds. The third-order valence-corrected chi connectivity index (χ3v) is 4.61. The van der Waals surface area contributed by atoms with Gasteiger partial charge in [-0.1, -0.05) is 29.8 Å². The first-order valence-electron chi connectivity index (χ1n) is 7.30. The van der Waals surface area contributed by atoms with E-state index in [4.69, 9.17) is 16.3 Å². The summed E-state index contributed by atoms with van der Waals surface area (Å²) < 4.78 is 5.16. The van der Waals surface area contributed by atoms with Crippen LogP contribution in [0.3, 0.4) is 0 Å². The molecular formula is C18H18ClNO2. The zero-order valence-corrected chi connectivity index (χ0v) is 13.4. The van der Waals surface area contributed by atoms with Crippen molar-refractivity contribution in [1.29, 1.82) is 0 Å². The van der Waals surface area contributed by atoms with Gasteiger partial charge >= 0.3 is 0 Å². The highest BCUT2D eigenvalue weighted by molar-refractivity contribution is 6.31. The number of halogens is 1. The van der Waals surface area contributed by atoms with E-state index in [9.17, 15) is 4.79 Å². The van der Waals surface area contributed by atoms with Gasteiger partial charge in [0, 0.05) is 16.6 Å². The molecule has 3 rings (SSSR count). The summed E-state index contributed by atoms with van der Waals surface area (Å²) in [5.41, 5.74) is 2.88. The Morgan fingerprint density at radius 2 is 1.95 bits per heavy atom. The molecule has 2 aromatic rings. The summed E-state index contributed by atoms with van der Waals surface area (Å²) in [6.07, 6.45) is 0.887. The Hall–Kier alpha value is -2.00. The van der Waals surface area contributed by atoms with Crippen molar-refractivity contribution in [3.63, 3.8) is 0 Å². The third-order valence-electron chi connectivity index (χ3n) is 4.20. The Balaban J connectivity index is 1.66. The minimum absolute atomic E-state index is 0.0341. The number of ether oxygens (including phenoxy) is 1. The van der Waals surface area contributed by atoms with Crippen LogP contribution in [-0.2, 0) is 4.79 Å². The molecule has 2 atom stereocenters. The molecule has 1 aliphatic rings. The van der Waals surface area contributed by atoms with E-state index in [1.165, 1.54) is 5.56 Å². The highest BCUT2D eigenvalue weighted by atomic mass is 35.5. The van der Waals surface area contributed by atoms with Crippen LogP contribution in [0.5, 0.6) is 5.75 Å². The van der Waals surface area contributed by atoms with Crippen molar-refractivity contribution >= 4 is 23.2 Å². The average Bonchev–Trinajstić information content (AvgIpc) is 3.32. The maximum atomic E-state index is 12.4. The van der Waals surface area contributed by atoms with Crippen LogP contribution in [0.4, 0.5) is 5.69 Å². The molecule has 0 aromatic heterocycles. The van der Waals surface area contributed by atoms with Crippen molar-refractivity contribution in [2.24, 2.45) is 5.92 Å². The van der Waals surface area contributed by atoms with Gasteiger partial charge in [0.25, 0.3) is 0 Å². The molecule has 1 N–H and O–H groups in total. The van der Waals surface area contributed by atoms with Gasteiger partial charge in [0.1, 0.15) is 5.75 Å². The fourth-order valence-electron chi connectivity index (χ4n) is 2.67. The predicted molar refractivity (Wildman–Crippen MR) is 88.7 cm³/mol. The Morgan fingerprint density at radius 3 is 2.64 bits per heavy atom. The number of amides is 1. The van der Waals surface area contributed by atoms with Crippen molar-refractivity contribution in [3.05, 3.63) is 58.6 Å². The lowest BCUT2D eigenvalue weighted by Gasteiger charge is -2.09. The third kappa shape index (κ3) is 2.95. The molecule has 0 aliphatic heterocycles. The van der Waals surface area contributed by atoms with Crippen LogP contribution >= 0.6 is 11.6 Å². The normalized spacial score (nSPS) is 19.6. The lowest BCUT2D eigenvalue weighted by atomic mass is 10.1. The molecule has 0 heterocycles. The first kappa shape index (κ1) is 14.9. The fraction of sp³-hybridized carbons (Fsp3) is 0.278. The van der Waals surface area contributed by atoms with Gasteiger partial charge in [-0.2, -0.15) is 0 Å². The van der Waals surface area contributed by atoms with E-state index >= 15 is 0 Å². The molecule has 0 bridgehead atoms. The van der Waals surface area contributed by atoms with Gasteiger partial charge in [0.2, 0.25) is 5.91 Å². The number of nitrogens with one attached hydrogen (secondary N) is 1. The van der Waals surface area contributed by atoms with Gasteiger partial charge in [0.15, 0.2) is 0 Å². The van der Waals surface area contributed by atoms with E-state index in [1.807, 2.05) is 49.4 Å². The van der Waals surface area contributed by atoms with Crippen molar-refractivity contribution in [1.82, 2.24) is 0 Å². The van der Waals surface area contributed by atoms with E-state index < -0.39 is 0 Å². The summed E-state index contributed by atoms with van der Waals surface area (Å²) in [6, 6.07) is 13.5. The first-order chi connectivity index (χ1) is 10.6. The van der Waals surface area contributed by atoms with Crippen LogP contribution in [0.2, 0.25) is 5.02 Å². The SMILES string of the molecule is COc1ccc(C2CC2C(=O)Nc2cccc(Cl)c2C)cc1. The second-order valence-corrected chi connectivity index (χ2v) is 6.03. The molecule has 3 nitrogen and oxygen atoms in total. The number of benzene rings is 2. The Morgan fingerprint density at radius 1 is 1.23 bits per heavy atom. The van der Waals surface area contributed by atoms with Gasteiger partial charge in [-0.25, -0.2) is 0 Å². The first-order valence-corrected chi connectivity index (χ1v) is 7.68. The maximum Gasteiger partial charge on any atom is 0.228 e. The Kier molecular flexibility index (Phi) is 4.08. The van der Waals surface area contributed by atoms with Crippen LogP contribution < -0.4 is 10.1 Å². The summed E-state index contributed by atoms with van der Waals surface area (Å²) in [5, 5.41) is 3.65. The average molecular weight is 316 g/mol. The van der Waals surface area contributed by atoms with Crippen LogP contribution in [0, 0.1) is 12.8 Å². The largest absolute Gasteiger partial charge is 0.497 e. The van der Waals surface area contributed by atoms with Crippen molar-refractivity contribution < 1.29 is 9.53 Å². The molecule has 0 saturated heterocycles. The lowest BCUT2D eigenvalue weighted by molar-refractivity contribution is -0.117. The maximum absolute atomic E-state index is 12.4. The quantitative estimate of drug-likeness (QED) is 0.908. The van der Waals surface area contributed by atoms with Gasteiger partial charge in [-0.3, -0.25) is 4.79 Å². The zero-order chi connectivity index (χ0) is 15.7. The Bertz CT molecular complexity index is 697. The van der Waals surface area contributed by atoms with Crippen LogP contribution in [0.15, 0.2) is 42.5 Å². The van der Waals surface area contributed by atoms with E-state index in [-0.39, 0.29) is 11.8 Å². The van der Waals surface area contributed by atoms with Crippen LogP contribution in [0.1, 0.15) is 23.5 Å². The predicted octanol–water partition coefficient (Wildman–Crippen LogP) is 4.40. The Labute approximate surface area is 135 Å². The van der Waals surface area contributed by atoms with Crippen molar-refractivity contribution in [2.75, 3.05) is 12.4 Å². The van der Waals surface area contributed by atoms with E-state index in [2.05, 4.69) is 5.32 Å². The molecule has 4 heteroatoms. The number of rotatable bonds is 4. The van der Waals surface area contributed by atoms with Crippen LogP contribution in [-0.4, -0.2) is 13.0 Å². The van der Waals surface area contributed by atoms with E-state index in [0.29, 0.717) is 10.9 Å². The van der Waals surface area contributed by atoms with E-state index in [0.717, 1.165) is 23.4 Å². The fourth-order valence-corrected chi connectivity index (χ4v) is 2.85. The van der Waals surface area contributed by atoms with Gasteiger partial charge in [-0.05, 0) is 54.7 Å². The van der Waals surface area contributed by atoms with Gasteiger partial charge < -0.3 is 10.1 Å². The smallest absolute Gasteiger partial charge is 0.228 e. The monoisotopic (exact) mass is 315 g/mol. The second-order valence-electron chi connectivity index (χ2n) is 5.62. The standard InChI is InChI=1S/C18H18ClNO2/c1-11-16(19)4-3-5-17(11)20-18(21)15-10-14(15)12-6-8-13(22-2)9-7-12/h3-9,14-15H,10H2,1-2H3,(H,20,21). The summed E-state index contributed by atoms with van der Waals surface area (Å²) in [6.45, 7) is 1.91. The number of carbonyl (C=O) groups excluding carboxylic acids is 1. The summed E-state index contributed by atoms with van der Waals surface area (Å²) in [4.78, 5) is 12.4. The topological polar surface area (TPSA) is 38.3 Å². The highest BCUT2D eigenvalue weighted by Crippen LogP contribution is 2.48. The highest BCUT2D eigenvalue weighted by Gasteiger charge is 2.44. The summed E-state index contributed by atoms with van der Waals surface area (Å²) >= 11 is 6.08. The van der Waals surface area contributed by atoms with Gasteiger partial charge in [0.05, 0.1) is 7.11 Å². The van der Waals surface area contributed by atoms with Gasteiger partial charge in [-0.15, -0.1) is 0 Å². The molecule has 1 aliphatic carbocycles. The van der Waals surface area contributed by atoms with Crippen molar-refractivity contribution in [3.8, 4) is 5.75 Å². The zero-order valence-electron chi connectivity index (χ0n) is 12.6. The van der Waals surface area contributed by atoms with Crippen molar-refractivity contribution in [2.45, 2.75) is 19.3 Å². The van der Waals surface area contributed by atoms with Crippen LogP contribution in [0.25, 0.3) is 0 Å². The lowest BCUT2D eigenvalue weighted by Crippen LogP contribution is -2.15. The molecule has 114 valence electrons. The number of carbonyl (C=O) groups is 1. The molecule has 1 fully saturated rings. The summed E-state index contributed by atoms with van der Waals surface area (Å²) in [7, 11) is 1.65. The molecule has 2 unspecified atom stereocenters. The number of hydrogen-bond acceptors (Lipinski definition) is 2. The number of hydrogen-bond donors (Lipinski definition) is 1. The molecule has 1 saturated carbocycles. The van der Waals surface area contributed by atoms with E-state index in [1.54, 1.807) is 7.11 Å². The minimum Gasteiger partial charge on any atom is -0.497 e. The molecule has 0 spiro atoms. The number of anilines is 1. The molecule has 0 radical (unpaired) electrons. The molecule has 22 heavy (non-hydrogen) atoms. The molecule has 2 aromatic carbocycles. The number of methoxy groups -OCH3 is 1. The molecular weight excluding hydrogens is 298 g/mol. The second kappa shape index (κ2) is 6.01.